The van der Waals surface area contributed by atoms with E-state index in [9.17, 15) is 14.0 Å². The fourth-order valence-corrected chi connectivity index (χ4v) is 2.24. The van der Waals surface area contributed by atoms with E-state index in [0.29, 0.717) is 5.56 Å². The highest BCUT2D eigenvalue weighted by Crippen LogP contribution is 2.10. The van der Waals surface area contributed by atoms with Crippen molar-refractivity contribution in [3.05, 3.63) is 52.3 Å². The number of benzene rings is 1. The quantitative estimate of drug-likeness (QED) is 0.640. The van der Waals surface area contributed by atoms with Gasteiger partial charge < -0.3 is 4.74 Å². The smallest absolute Gasteiger partial charge is 0.326 e. The Bertz CT molecular complexity index is 950. The zero-order chi connectivity index (χ0) is 17.1. The molecule has 124 valence electrons. The maximum atomic E-state index is 13.7. The highest BCUT2D eigenvalue weighted by atomic mass is 19.1. The minimum Gasteiger partial charge on any atom is -0.465 e. The monoisotopic (exact) mass is 331 g/mol. The molecule has 9 heteroatoms. The molecule has 8 nitrogen and oxygen atoms in total. The van der Waals surface area contributed by atoms with E-state index in [0.717, 1.165) is 4.57 Å². The lowest BCUT2D eigenvalue weighted by molar-refractivity contribution is -0.143. The van der Waals surface area contributed by atoms with Gasteiger partial charge in [-0.1, -0.05) is 23.4 Å². The molecule has 0 aliphatic heterocycles. The molecule has 2 heterocycles. The first-order valence-corrected chi connectivity index (χ1v) is 7.27. The van der Waals surface area contributed by atoms with E-state index in [2.05, 4.69) is 15.3 Å². The number of carbonyl (C=O) groups is 1. The molecule has 0 amide bonds. The Hall–Kier alpha value is -3.10. The average molecular weight is 331 g/mol. The van der Waals surface area contributed by atoms with Crippen molar-refractivity contribution in [2.24, 2.45) is 0 Å². The largest absolute Gasteiger partial charge is 0.465 e. The summed E-state index contributed by atoms with van der Waals surface area (Å²) in [6, 6.07) is 6.25. The molecular weight excluding hydrogens is 317 g/mol. The van der Waals surface area contributed by atoms with E-state index in [1.165, 1.54) is 17.1 Å². The molecule has 0 fully saturated rings. The van der Waals surface area contributed by atoms with E-state index in [4.69, 9.17) is 4.74 Å². The molecule has 3 rings (SSSR count). The Kier molecular flexibility index (Phi) is 4.32. The lowest BCUT2D eigenvalue weighted by Crippen LogP contribution is -2.26. The predicted molar refractivity (Wildman–Crippen MR) is 81.7 cm³/mol. The van der Waals surface area contributed by atoms with Crippen LogP contribution in [0.1, 0.15) is 12.5 Å². The van der Waals surface area contributed by atoms with Crippen LogP contribution in [-0.4, -0.2) is 37.1 Å². The molecule has 0 saturated heterocycles. The van der Waals surface area contributed by atoms with E-state index in [1.807, 2.05) is 0 Å². The van der Waals surface area contributed by atoms with Crippen LogP contribution in [0.2, 0.25) is 0 Å². The normalized spacial score (nSPS) is 10.9. The Morgan fingerprint density at radius 1 is 1.33 bits per heavy atom. The number of rotatable bonds is 5. The van der Waals surface area contributed by atoms with Crippen LogP contribution in [0.25, 0.3) is 11.2 Å². The summed E-state index contributed by atoms with van der Waals surface area (Å²) in [5, 5.41) is 7.66. The molecule has 24 heavy (non-hydrogen) atoms. The van der Waals surface area contributed by atoms with Crippen molar-refractivity contribution in [3.8, 4) is 0 Å². The third kappa shape index (κ3) is 3.00. The first kappa shape index (κ1) is 15.8. The lowest BCUT2D eigenvalue weighted by atomic mass is 10.2. The number of ether oxygens (including phenoxy) is 1. The fourth-order valence-electron chi connectivity index (χ4n) is 2.24. The van der Waals surface area contributed by atoms with Crippen LogP contribution >= 0.6 is 0 Å². The zero-order valence-corrected chi connectivity index (χ0v) is 12.8. The number of halogens is 1. The number of hydrogen-bond acceptors (Lipinski definition) is 6. The maximum absolute atomic E-state index is 13.7. The van der Waals surface area contributed by atoms with Gasteiger partial charge in [0, 0.05) is 5.56 Å². The molecule has 2 aromatic heterocycles. The fraction of sp³-hybridized carbons (Fsp3) is 0.267. The number of aromatic nitrogens is 5. The highest BCUT2D eigenvalue weighted by Gasteiger charge is 2.15. The summed E-state index contributed by atoms with van der Waals surface area (Å²) >= 11 is 0. The first-order valence-electron chi connectivity index (χ1n) is 7.27. The van der Waals surface area contributed by atoms with E-state index in [-0.39, 0.29) is 36.7 Å². The Morgan fingerprint density at radius 3 is 2.88 bits per heavy atom. The van der Waals surface area contributed by atoms with Crippen LogP contribution in [0, 0.1) is 5.82 Å². The topological polar surface area (TPSA) is 91.9 Å². The summed E-state index contributed by atoms with van der Waals surface area (Å²) in [5.74, 6) is -0.920. The van der Waals surface area contributed by atoms with Gasteiger partial charge in [0.05, 0.1) is 13.2 Å². The van der Waals surface area contributed by atoms with E-state index >= 15 is 0 Å². The van der Waals surface area contributed by atoms with Gasteiger partial charge in [0.1, 0.15) is 18.7 Å². The number of carbonyl (C=O) groups excluding carboxylic acids is 1. The molecule has 0 aliphatic carbocycles. The molecule has 0 aliphatic rings. The standard InChI is InChI=1S/C15H14FN5O3/c1-2-24-12(22)8-20-9-17-14-13(15(20)23)18-19-21(14)7-10-5-3-4-6-11(10)16/h3-6,9H,2,7-8H2,1H3. The number of esters is 1. The van der Waals surface area contributed by atoms with E-state index in [1.54, 1.807) is 25.1 Å². The summed E-state index contributed by atoms with van der Waals surface area (Å²) in [6.07, 6.45) is 1.22. The van der Waals surface area contributed by atoms with Gasteiger partial charge in [0.2, 0.25) is 0 Å². The Morgan fingerprint density at radius 2 is 2.12 bits per heavy atom. The molecule has 0 spiro atoms. The van der Waals surface area contributed by atoms with Crippen molar-refractivity contribution in [3.63, 3.8) is 0 Å². The molecule has 3 aromatic rings. The Balaban J connectivity index is 1.94. The van der Waals surface area contributed by atoms with Crippen LogP contribution in [0.5, 0.6) is 0 Å². The van der Waals surface area contributed by atoms with Crippen molar-refractivity contribution in [2.45, 2.75) is 20.0 Å². The summed E-state index contributed by atoms with van der Waals surface area (Å²) in [7, 11) is 0. The van der Waals surface area contributed by atoms with Gasteiger partial charge in [-0.25, -0.2) is 14.1 Å². The number of hydrogen-bond donors (Lipinski definition) is 0. The van der Waals surface area contributed by atoms with Gasteiger partial charge in [0.15, 0.2) is 11.2 Å². The Labute approximate surface area is 135 Å². The van der Waals surface area contributed by atoms with Crippen LogP contribution in [0.15, 0.2) is 35.4 Å². The summed E-state index contributed by atoms with van der Waals surface area (Å²) < 4.78 is 21.0. The minimum absolute atomic E-state index is 0.0122. The molecule has 0 atom stereocenters. The molecule has 0 unspecified atom stereocenters. The molecule has 0 radical (unpaired) electrons. The molecule has 0 N–H and O–H groups in total. The second-order valence-electron chi connectivity index (χ2n) is 4.99. The minimum atomic E-state index is -0.542. The zero-order valence-electron chi connectivity index (χ0n) is 12.8. The van der Waals surface area contributed by atoms with Crippen molar-refractivity contribution in [2.75, 3.05) is 6.61 Å². The molecular formula is C15H14FN5O3. The van der Waals surface area contributed by atoms with Crippen LogP contribution in [-0.2, 0) is 22.6 Å². The average Bonchev–Trinajstić information content (AvgIpc) is 2.96. The molecule has 1 aromatic carbocycles. The van der Waals surface area contributed by atoms with E-state index < -0.39 is 11.5 Å². The number of fused-ring (bicyclic) bond motifs is 1. The summed E-state index contributed by atoms with van der Waals surface area (Å²) in [6.45, 7) is 1.74. The van der Waals surface area contributed by atoms with Crippen molar-refractivity contribution >= 4 is 17.1 Å². The van der Waals surface area contributed by atoms with Crippen molar-refractivity contribution < 1.29 is 13.9 Å². The molecule has 0 bridgehead atoms. The number of nitrogens with zero attached hydrogens (tertiary/aromatic N) is 5. The van der Waals surface area contributed by atoms with Crippen LogP contribution < -0.4 is 5.56 Å². The van der Waals surface area contributed by atoms with Crippen molar-refractivity contribution in [1.82, 2.24) is 24.5 Å². The van der Waals surface area contributed by atoms with Gasteiger partial charge in [-0.2, -0.15) is 0 Å². The van der Waals surface area contributed by atoms with Gasteiger partial charge in [0.25, 0.3) is 5.56 Å². The third-order valence-corrected chi connectivity index (χ3v) is 3.37. The predicted octanol–water partition coefficient (Wildman–Crippen LogP) is 0.738. The summed E-state index contributed by atoms with van der Waals surface area (Å²) in [5.41, 5.74) is 0.135. The first-order chi connectivity index (χ1) is 11.6. The lowest BCUT2D eigenvalue weighted by Gasteiger charge is -2.05. The second kappa shape index (κ2) is 6.57. The van der Waals surface area contributed by atoms with Crippen molar-refractivity contribution in [1.29, 1.82) is 0 Å². The SMILES string of the molecule is CCOC(=O)Cn1cnc2c(nnn2Cc2ccccc2F)c1=O. The third-order valence-electron chi connectivity index (χ3n) is 3.37. The highest BCUT2D eigenvalue weighted by molar-refractivity contribution is 5.71. The van der Waals surface area contributed by atoms with Gasteiger partial charge in [-0.3, -0.25) is 14.2 Å². The second-order valence-corrected chi connectivity index (χ2v) is 4.99. The van der Waals surface area contributed by atoms with Crippen LogP contribution in [0.3, 0.4) is 0 Å². The molecule has 0 saturated carbocycles. The van der Waals surface area contributed by atoms with Gasteiger partial charge >= 0.3 is 5.97 Å². The van der Waals surface area contributed by atoms with Gasteiger partial charge in [-0.15, -0.1) is 5.10 Å². The van der Waals surface area contributed by atoms with Gasteiger partial charge in [-0.05, 0) is 13.0 Å². The summed E-state index contributed by atoms with van der Waals surface area (Å²) in [4.78, 5) is 27.9. The maximum Gasteiger partial charge on any atom is 0.326 e. The van der Waals surface area contributed by atoms with Crippen LogP contribution in [0.4, 0.5) is 4.39 Å².